The zero-order valence-corrected chi connectivity index (χ0v) is 16.3. The van der Waals surface area contributed by atoms with Crippen molar-refractivity contribution in [1.82, 2.24) is 10.2 Å². The lowest BCUT2D eigenvalue weighted by Gasteiger charge is -2.35. The van der Waals surface area contributed by atoms with Gasteiger partial charge in [0.25, 0.3) is 0 Å². The van der Waals surface area contributed by atoms with Gasteiger partial charge in [0.2, 0.25) is 5.91 Å². The van der Waals surface area contributed by atoms with Crippen LogP contribution in [-0.4, -0.2) is 37.6 Å². The zero-order valence-electron chi connectivity index (χ0n) is 15.4. The van der Waals surface area contributed by atoms with Crippen LogP contribution in [0.1, 0.15) is 42.9 Å². The number of amides is 1. The van der Waals surface area contributed by atoms with Crippen LogP contribution < -0.4 is 10.1 Å². The molecule has 0 spiro atoms. The Morgan fingerprint density at radius 2 is 1.96 bits per heavy atom. The Bertz CT molecular complexity index is 664. The van der Waals surface area contributed by atoms with Gasteiger partial charge < -0.3 is 10.1 Å². The molecule has 1 N–H and O–H groups in total. The van der Waals surface area contributed by atoms with Gasteiger partial charge in [-0.3, -0.25) is 9.69 Å². The molecule has 1 aromatic heterocycles. The molecule has 0 bridgehead atoms. The fourth-order valence-corrected chi connectivity index (χ4v) is 4.21. The van der Waals surface area contributed by atoms with Crippen molar-refractivity contribution < 1.29 is 9.53 Å². The maximum Gasteiger partial charge on any atom is 0.220 e. The van der Waals surface area contributed by atoms with E-state index in [2.05, 4.69) is 39.2 Å². The fraction of sp³-hybridized carbons (Fsp3) is 0.476. The molecule has 1 amide bonds. The minimum Gasteiger partial charge on any atom is -0.497 e. The lowest BCUT2D eigenvalue weighted by Crippen LogP contribution is -2.40. The number of piperidine rings is 1. The first-order valence-electron chi connectivity index (χ1n) is 9.42. The summed E-state index contributed by atoms with van der Waals surface area (Å²) in [6.07, 6.45) is 5.13. The summed E-state index contributed by atoms with van der Waals surface area (Å²) < 4.78 is 5.28. The number of carbonyl (C=O) groups is 1. The van der Waals surface area contributed by atoms with E-state index >= 15 is 0 Å². The summed E-state index contributed by atoms with van der Waals surface area (Å²) in [6, 6.07) is 10.6. The number of hydrogen-bond donors (Lipinski definition) is 1. The van der Waals surface area contributed by atoms with Gasteiger partial charge in [0.15, 0.2) is 0 Å². The van der Waals surface area contributed by atoms with Gasteiger partial charge in [0, 0.05) is 13.0 Å². The first-order valence-corrected chi connectivity index (χ1v) is 10.4. The van der Waals surface area contributed by atoms with E-state index in [0.717, 1.165) is 25.3 Å². The highest BCUT2D eigenvalue weighted by atomic mass is 32.1. The van der Waals surface area contributed by atoms with Crippen LogP contribution in [0.15, 0.2) is 41.1 Å². The van der Waals surface area contributed by atoms with Crippen molar-refractivity contribution in [3.63, 3.8) is 0 Å². The quantitative estimate of drug-likeness (QED) is 0.761. The zero-order chi connectivity index (χ0) is 18.2. The minimum atomic E-state index is 0.131. The average molecular weight is 373 g/mol. The minimum absolute atomic E-state index is 0.131. The van der Waals surface area contributed by atoms with Gasteiger partial charge in [0.05, 0.1) is 13.2 Å². The molecule has 26 heavy (non-hydrogen) atoms. The number of hydrogen-bond acceptors (Lipinski definition) is 4. The van der Waals surface area contributed by atoms with Crippen molar-refractivity contribution in [3.05, 3.63) is 52.2 Å². The molecular formula is C21H28N2O2S. The third-order valence-electron chi connectivity index (χ3n) is 5.05. The molecule has 0 aliphatic carbocycles. The Morgan fingerprint density at radius 1 is 1.19 bits per heavy atom. The van der Waals surface area contributed by atoms with E-state index in [9.17, 15) is 4.79 Å². The van der Waals surface area contributed by atoms with E-state index in [1.165, 1.54) is 30.4 Å². The van der Waals surface area contributed by atoms with Gasteiger partial charge >= 0.3 is 0 Å². The van der Waals surface area contributed by atoms with E-state index in [1.807, 2.05) is 12.1 Å². The summed E-state index contributed by atoms with van der Waals surface area (Å²) in [7, 11) is 1.69. The number of nitrogens with zero attached hydrogens (tertiary/aromatic N) is 1. The Balaban J connectivity index is 1.59. The number of nitrogens with one attached hydrogen (secondary N) is 1. The van der Waals surface area contributed by atoms with E-state index < -0.39 is 0 Å². The van der Waals surface area contributed by atoms with Crippen molar-refractivity contribution >= 4 is 17.2 Å². The summed E-state index contributed by atoms with van der Waals surface area (Å²) in [6.45, 7) is 2.86. The number of methoxy groups -OCH3 is 1. The first kappa shape index (κ1) is 18.9. The second-order valence-electron chi connectivity index (χ2n) is 6.82. The number of carbonyl (C=O) groups excluding carboxylic acids is 1. The average Bonchev–Trinajstić information content (AvgIpc) is 3.21. The van der Waals surface area contributed by atoms with Crippen LogP contribution in [0.3, 0.4) is 0 Å². The van der Waals surface area contributed by atoms with Crippen molar-refractivity contribution in [1.29, 1.82) is 0 Å². The number of benzene rings is 1. The number of aryl methyl sites for hydroxylation is 1. The van der Waals surface area contributed by atoms with Crippen LogP contribution in [0.2, 0.25) is 0 Å². The lowest BCUT2D eigenvalue weighted by atomic mass is 10.0. The van der Waals surface area contributed by atoms with Crippen LogP contribution in [0, 0.1) is 0 Å². The molecule has 1 atom stereocenters. The molecule has 1 aromatic carbocycles. The maximum atomic E-state index is 12.3. The molecule has 4 nitrogen and oxygen atoms in total. The molecule has 0 radical (unpaired) electrons. The summed E-state index contributed by atoms with van der Waals surface area (Å²) in [4.78, 5) is 14.8. The molecule has 140 valence electrons. The Kier molecular flexibility index (Phi) is 7.09. The second-order valence-corrected chi connectivity index (χ2v) is 7.60. The monoisotopic (exact) mass is 372 g/mol. The number of ether oxygens (including phenoxy) is 1. The van der Waals surface area contributed by atoms with Crippen molar-refractivity contribution in [2.24, 2.45) is 0 Å². The van der Waals surface area contributed by atoms with Crippen LogP contribution in [0.25, 0.3) is 0 Å². The van der Waals surface area contributed by atoms with Crippen LogP contribution in [0.5, 0.6) is 5.75 Å². The molecule has 1 fully saturated rings. The Hall–Kier alpha value is -1.85. The number of rotatable bonds is 8. The SMILES string of the molecule is COc1ccc([C@H](CNC(=O)CCc2ccsc2)N2CCCCC2)cc1. The summed E-state index contributed by atoms with van der Waals surface area (Å²) in [5, 5.41) is 7.33. The molecular weight excluding hydrogens is 344 g/mol. The highest BCUT2D eigenvalue weighted by Gasteiger charge is 2.22. The highest BCUT2D eigenvalue weighted by Crippen LogP contribution is 2.26. The van der Waals surface area contributed by atoms with Crippen molar-refractivity contribution in [3.8, 4) is 5.75 Å². The Labute approximate surface area is 160 Å². The molecule has 3 rings (SSSR count). The number of thiophene rings is 1. The molecule has 1 saturated heterocycles. The second kappa shape index (κ2) is 9.74. The van der Waals surface area contributed by atoms with Crippen molar-refractivity contribution in [2.75, 3.05) is 26.7 Å². The summed E-state index contributed by atoms with van der Waals surface area (Å²) in [5.74, 6) is 0.998. The summed E-state index contributed by atoms with van der Waals surface area (Å²) in [5.41, 5.74) is 2.48. The summed E-state index contributed by atoms with van der Waals surface area (Å²) >= 11 is 1.68. The standard InChI is InChI=1S/C21H28N2O2S/c1-25-19-8-6-18(7-9-19)20(23-12-3-2-4-13-23)15-22-21(24)10-5-17-11-14-26-16-17/h6-9,11,14,16,20H,2-5,10,12-13,15H2,1H3,(H,22,24)/t20-/m0/s1. The first-order chi connectivity index (χ1) is 12.8. The van der Waals surface area contributed by atoms with Gasteiger partial charge in [-0.2, -0.15) is 11.3 Å². The molecule has 1 aliphatic rings. The molecule has 5 heteroatoms. The predicted molar refractivity (Wildman–Crippen MR) is 107 cm³/mol. The smallest absolute Gasteiger partial charge is 0.220 e. The molecule has 2 aromatic rings. The third kappa shape index (κ3) is 5.32. The fourth-order valence-electron chi connectivity index (χ4n) is 3.51. The van der Waals surface area contributed by atoms with Crippen molar-refractivity contribution in [2.45, 2.75) is 38.1 Å². The van der Waals surface area contributed by atoms with E-state index in [1.54, 1.807) is 18.4 Å². The van der Waals surface area contributed by atoms with Gasteiger partial charge in [-0.25, -0.2) is 0 Å². The Morgan fingerprint density at radius 3 is 2.62 bits per heavy atom. The topological polar surface area (TPSA) is 41.6 Å². The highest BCUT2D eigenvalue weighted by molar-refractivity contribution is 7.07. The lowest BCUT2D eigenvalue weighted by molar-refractivity contribution is -0.121. The normalized spacial score (nSPS) is 16.2. The van der Waals surface area contributed by atoms with E-state index in [0.29, 0.717) is 13.0 Å². The molecule has 1 aliphatic heterocycles. The van der Waals surface area contributed by atoms with Gasteiger partial charge in [-0.1, -0.05) is 18.6 Å². The van der Waals surface area contributed by atoms with Crippen LogP contribution in [0.4, 0.5) is 0 Å². The van der Waals surface area contributed by atoms with Gasteiger partial charge in [-0.15, -0.1) is 0 Å². The molecule has 0 unspecified atom stereocenters. The largest absolute Gasteiger partial charge is 0.497 e. The molecule has 2 heterocycles. The molecule has 0 saturated carbocycles. The number of likely N-dealkylation sites (tertiary alicyclic amines) is 1. The maximum absolute atomic E-state index is 12.3. The van der Waals surface area contributed by atoms with Crippen LogP contribution >= 0.6 is 11.3 Å². The predicted octanol–water partition coefficient (Wildman–Crippen LogP) is 4.03. The van der Waals surface area contributed by atoms with Gasteiger partial charge in [-0.05, 0) is 72.4 Å². The van der Waals surface area contributed by atoms with E-state index in [-0.39, 0.29) is 11.9 Å². The van der Waals surface area contributed by atoms with E-state index in [4.69, 9.17) is 4.74 Å². The third-order valence-corrected chi connectivity index (χ3v) is 5.78. The van der Waals surface area contributed by atoms with Gasteiger partial charge in [0.1, 0.15) is 5.75 Å². The van der Waals surface area contributed by atoms with Crippen LogP contribution in [-0.2, 0) is 11.2 Å².